The SMILES string of the molecule is CCCCC/C=C\C/C=C\CCCCCCCC(=O)OC[C@H](COP(=O)(O)OC[C@@H](O)COP(=O)(O)O)OC(=O)CCC/C=C\C[C@H]1[C@@H](O)CC(O)O[C@@H]1/C=C/[C@@H](O)CCCCC. The van der Waals surface area contributed by atoms with E-state index < -0.39 is 90.8 Å². The van der Waals surface area contributed by atoms with Gasteiger partial charge in [-0.1, -0.05) is 114 Å². The van der Waals surface area contributed by atoms with Crippen molar-refractivity contribution in [2.45, 2.75) is 185 Å². The van der Waals surface area contributed by atoms with Gasteiger partial charge in [0.15, 0.2) is 12.4 Å². The van der Waals surface area contributed by atoms with Crippen LogP contribution >= 0.6 is 15.6 Å². The van der Waals surface area contributed by atoms with Gasteiger partial charge in [0, 0.05) is 25.2 Å². The average Bonchev–Trinajstić information content (AvgIpc) is 3.22. The van der Waals surface area contributed by atoms with E-state index in [1.807, 2.05) is 12.2 Å². The van der Waals surface area contributed by atoms with Crippen molar-refractivity contribution in [3.05, 3.63) is 48.6 Å². The van der Waals surface area contributed by atoms with Crippen LogP contribution in [-0.2, 0) is 46.5 Å². The van der Waals surface area contributed by atoms with Crippen molar-refractivity contribution in [1.82, 2.24) is 0 Å². The molecular formula is C44H78O17P2. The van der Waals surface area contributed by atoms with E-state index in [9.17, 15) is 44.0 Å². The number of phosphoric ester groups is 2. The highest BCUT2D eigenvalue weighted by Crippen LogP contribution is 2.44. The van der Waals surface area contributed by atoms with E-state index in [0.717, 1.165) is 64.2 Å². The molecule has 0 aliphatic carbocycles. The van der Waals surface area contributed by atoms with Gasteiger partial charge in [-0.05, 0) is 64.2 Å². The van der Waals surface area contributed by atoms with E-state index in [0.29, 0.717) is 32.1 Å². The molecule has 366 valence electrons. The molecule has 0 radical (unpaired) electrons. The predicted octanol–water partition coefficient (Wildman–Crippen LogP) is 7.56. The molecule has 8 atom stereocenters. The van der Waals surface area contributed by atoms with Crippen LogP contribution in [0.15, 0.2) is 48.6 Å². The van der Waals surface area contributed by atoms with Crippen LogP contribution < -0.4 is 0 Å². The van der Waals surface area contributed by atoms with Gasteiger partial charge in [0.25, 0.3) is 0 Å². The molecule has 1 rings (SSSR count). The largest absolute Gasteiger partial charge is 0.472 e. The van der Waals surface area contributed by atoms with Crippen molar-refractivity contribution in [3.8, 4) is 0 Å². The number of hydrogen-bond acceptors (Lipinski definition) is 14. The van der Waals surface area contributed by atoms with Gasteiger partial charge in [0.1, 0.15) is 12.7 Å². The van der Waals surface area contributed by atoms with Gasteiger partial charge in [0.05, 0.1) is 38.1 Å². The molecule has 0 spiro atoms. The number of aliphatic hydroxyl groups is 4. The summed E-state index contributed by atoms with van der Waals surface area (Å²) in [6, 6.07) is 0. The Hall–Kier alpha value is -2.08. The number of esters is 2. The fourth-order valence-electron chi connectivity index (χ4n) is 6.42. The summed E-state index contributed by atoms with van der Waals surface area (Å²) in [5, 5.41) is 40.8. The highest BCUT2D eigenvalue weighted by atomic mass is 31.2. The van der Waals surface area contributed by atoms with Crippen molar-refractivity contribution in [3.63, 3.8) is 0 Å². The first-order valence-corrected chi connectivity index (χ1v) is 25.8. The summed E-state index contributed by atoms with van der Waals surface area (Å²) in [5.74, 6) is -1.62. The molecule has 0 saturated carbocycles. The van der Waals surface area contributed by atoms with Crippen LogP contribution in [-0.4, -0.2) is 110 Å². The second-order valence-corrected chi connectivity index (χ2v) is 18.5. The first-order valence-electron chi connectivity index (χ1n) is 22.7. The number of aliphatic hydroxyl groups excluding tert-OH is 4. The molecule has 19 heteroatoms. The quantitative estimate of drug-likeness (QED) is 0.0136. The van der Waals surface area contributed by atoms with E-state index in [4.69, 9.17) is 28.5 Å². The molecule has 0 bridgehead atoms. The van der Waals surface area contributed by atoms with Gasteiger partial charge >= 0.3 is 27.6 Å². The van der Waals surface area contributed by atoms with Crippen molar-refractivity contribution in [1.29, 1.82) is 0 Å². The van der Waals surface area contributed by atoms with Gasteiger partial charge in [-0.2, -0.15) is 0 Å². The second-order valence-electron chi connectivity index (χ2n) is 15.8. The van der Waals surface area contributed by atoms with Gasteiger partial charge in [-0.25, -0.2) is 9.13 Å². The number of ether oxygens (including phenoxy) is 3. The first kappa shape index (κ1) is 58.9. The fourth-order valence-corrected chi connectivity index (χ4v) is 7.57. The standard InChI is InChI=1S/C44H78O17P2/c1-3-5-7-8-9-10-11-12-13-14-15-16-17-18-23-27-42(48)56-34-38(35-59-63(54,55)58-33-37(46)32-57-62(51,52)53)60-43(49)28-24-20-19-22-26-39-40(47)31-44(50)61-41(39)30-29-36(45)25-21-6-4-2/h9-10,12-13,19,22,29-30,36-41,44-47,50H,3-8,11,14-18,20-21,23-28,31-35H2,1-2H3,(H,54,55)(H2,51,52,53)/b10-9-,13-12-,22-19-,30-29+/t36-,37-,38+,39-,40-,41+,44?/m0/s1. The lowest BCUT2D eigenvalue weighted by molar-refractivity contribution is -0.199. The third kappa shape index (κ3) is 34.0. The third-order valence-electron chi connectivity index (χ3n) is 9.98. The Balaban J connectivity index is 2.62. The van der Waals surface area contributed by atoms with Gasteiger partial charge in [-0.3, -0.25) is 23.2 Å². The van der Waals surface area contributed by atoms with Crippen LogP contribution in [0.2, 0.25) is 0 Å². The number of carbonyl (C=O) groups excluding carboxylic acids is 2. The van der Waals surface area contributed by atoms with Crippen LogP contribution in [0.5, 0.6) is 0 Å². The normalized spacial score (nSPS) is 21.0. The van der Waals surface area contributed by atoms with Crippen LogP contribution in [0.1, 0.15) is 149 Å². The summed E-state index contributed by atoms with van der Waals surface area (Å²) in [5.41, 5.74) is 0. The van der Waals surface area contributed by atoms with Gasteiger partial charge in [0.2, 0.25) is 0 Å². The van der Waals surface area contributed by atoms with Crippen LogP contribution in [0.3, 0.4) is 0 Å². The number of allylic oxidation sites excluding steroid dienone is 6. The monoisotopic (exact) mass is 940 g/mol. The Morgan fingerprint density at radius 1 is 0.698 bits per heavy atom. The van der Waals surface area contributed by atoms with E-state index >= 15 is 0 Å². The molecule has 63 heavy (non-hydrogen) atoms. The Kier molecular flexibility index (Phi) is 33.8. The minimum absolute atomic E-state index is 0.0539. The Morgan fingerprint density at radius 3 is 1.98 bits per heavy atom. The Bertz CT molecular complexity index is 1420. The maximum absolute atomic E-state index is 12.8. The summed E-state index contributed by atoms with van der Waals surface area (Å²) in [4.78, 5) is 53.0. The van der Waals surface area contributed by atoms with Crippen molar-refractivity contribution < 1.29 is 81.6 Å². The Labute approximate surface area is 374 Å². The molecule has 0 aromatic carbocycles. The van der Waals surface area contributed by atoms with Crippen molar-refractivity contribution in [2.24, 2.45) is 5.92 Å². The Morgan fingerprint density at radius 2 is 1.29 bits per heavy atom. The van der Waals surface area contributed by atoms with E-state index in [2.05, 4.69) is 47.2 Å². The zero-order valence-corrected chi connectivity index (χ0v) is 39.2. The van der Waals surface area contributed by atoms with E-state index in [1.54, 1.807) is 12.2 Å². The molecule has 0 aromatic rings. The van der Waals surface area contributed by atoms with E-state index in [1.165, 1.54) is 19.3 Å². The summed E-state index contributed by atoms with van der Waals surface area (Å²) in [7, 11) is -9.80. The molecule has 1 aliphatic heterocycles. The number of unbranched alkanes of at least 4 members (excludes halogenated alkanes) is 11. The molecule has 1 aliphatic rings. The van der Waals surface area contributed by atoms with Crippen LogP contribution in [0, 0.1) is 5.92 Å². The highest BCUT2D eigenvalue weighted by molar-refractivity contribution is 7.47. The molecule has 0 aromatic heterocycles. The minimum atomic E-state index is -4.90. The fraction of sp³-hybridized carbons (Fsp3) is 0.773. The van der Waals surface area contributed by atoms with Gasteiger partial charge < -0.3 is 49.3 Å². The number of hydrogen-bond donors (Lipinski definition) is 7. The first-order chi connectivity index (χ1) is 30.0. The molecule has 2 unspecified atom stereocenters. The number of carbonyl (C=O) groups is 2. The maximum atomic E-state index is 12.8. The molecule has 1 heterocycles. The minimum Gasteiger partial charge on any atom is -0.462 e. The summed E-state index contributed by atoms with van der Waals surface area (Å²) in [6.45, 7) is 1.29. The third-order valence-corrected chi connectivity index (χ3v) is 11.4. The number of rotatable bonds is 38. The van der Waals surface area contributed by atoms with Gasteiger partial charge in [-0.15, -0.1) is 0 Å². The maximum Gasteiger partial charge on any atom is 0.472 e. The highest BCUT2D eigenvalue weighted by Gasteiger charge is 2.35. The molecule has 7 N–H and O–H groups in total. The molecule has 0 amide bonds. The summed E-state index contributed by atoms with van der Waals surface area (Å²) in [6.07, 6.45) is 25.7. The van der Waals surface area contributed by atoms with Crippen LogP contribution in [0.4, 0.5) is 0 Å². The summed E-state index contributed by atoms with van der Waals surface area (Å²) >= 11 is 0. The van der Waals surface area contributed by atoms with Crippen molar-refractivity contribution in [2.75, 3.05) is 26.4 Å². The predicted molar refractivity (Wildman–Crippen MR) is 238 cm³/mol. The van der Waals surface area contributed by atoms with Crippen molar-refractivity contribution >= 4 is 27.6 Å². The molecular weight excluding hydrogens is 862 g/mol. The zero-order valence-electron chi connectivity index (χ0n) is 37.4. The molecule has 1 fully saturated rings. The molecule has 17 nitrogen and oxygen atoms in total. The zero-order chi connectivity index (χ0) is 46.8. The summed E-state index contributed by atoms with van der Waals surface area (Å²) < 4.78 is 53.4. The second kappa shape index (κ2) is 36.1. The lowest BCUT2D eigenvalue weighted by Crippen LogP contribution is -2.43. The van der Waals surface area contributed by atoms with Crippen LogP contribution in [0.25, 0.3) is 0 Å². The topological polar surface area (TPSA) is 265 Å². The lowest BCUT2D eigenvalue weighted by Gasteiger charge is -2.36. The lowest BCUT2D eigenvalue weighted by atomic mass is 9.87. The van der Waals surface area contributed by atoms with E-state index in [-0.39, 0.29) is 25.2 Å². The smallest absolute Gasteiger partial charge is 0.462 e. The average molecular weight is 941 g/mol. The molecule has 1 saturated heterocycles. The number of phosphoric acid groups is 2.